The maximum atomic E-state index is 12.5. The minimum Gasteiger partial charge on any atom is -0.304 e. The molecule has 0 spiro atoms. The summed E-state index contributed by atoms with van der Waals surface area (Å²) >= 11 is 0. The summed E-state index contributed by atoms with van der Waals surface area (Å²) in [6.45, 7) is 7.90. The van der Waals surface area contributed by atoms with E-state index in [1.807, 2.05) is 0 Å². The lowest BCUT2D eigenvalue weighted by Crippen LogP contribution is -2.35. The summed E-state index contributed by atoms with van der Waals surface area (Å²) in [5, 5.41) is 0. The fourth-order valence-electron chi connectivity index (χ4n) is 4.18. The number of carbonyl (C=O) groups excluding carboxylic acids is 2. The van der Waals surface area contributed by atoms with Crippen molar-refractivity contribution in [2.75, 3.05) is 26.2 Å². The van der Waals surface area contributed by atoms with Crippen molar-refractivity contribution in [2.45, 2.75) is 26.7 Å². The van der Waals surface area contributed by atoms with Crippen LogP contribution in [0.25, 0.3) is 0 Å². The lowest BCUT2D eigenvalue weighted by atomic mass is 9.85. The van der Waals surface area contributed by atoms with Crippen molar-refractivity contribution in [3.8, 4) is 0 Å². The number of allylic oxidation sites excluding steroid dienone is 2. The van der Waals surface area contributed by atoms with E-state index in [0.29, 0.717) is 18.4 Å². The molecule has 1 heterocycles. The number of amides is 2. The van der Waals surface area contributed by atoms with E-state index in [4.69, 9.17) is 0 Å². The minimum atomic E-state index is -0.0362. The molecule has 4 nitrogen and oxygen atoms in total. The smallest absolute Gasteiger partial charge is 0.233 e. The fourth-order valence-corrected chi connectivity index (χ4v) is 4.18. The van der Waals surface area contributed by atoms with Crippen LogP contribution in [-0.2, 0) is 9.59 Å². The molecule has 1 saturated heterocycles. The third-order valence-corrected chi connectivity index (χ3v) is 5.31. The summed E-state index contributed by atoms with van der Waals surface area (Å²) in [6.07, 6.45) is 6.20. The Hall–Kier alpha value is -1.16. The molecule has 20 heavy (non-hydrogen) atoms. The average molecular weight is 276 g/mol. The van der Waals surface area contributed by atoms with Crippen molar-refractivity contribution in [1.29, 1.82) is 0 Å². The van der Waals surface area contributed by atoms with E-state index in [0.717, 1.165) is 32.5 Å². The zero-order valence-electron chi connectivity index (χ0n) is 12.4. The van der Waals surface area contributed by atoms with Gasteiger partial charge in [-0.05, 0) is 44.3 Å². The highest BCUT2D eigenvalue weighted by Crippen LogP contribution is 2.52. The summed E-state index contributed by atoms with van der Waals surface area (Å²) in [6, 6.07) is 0. The van der Waals surface area contributed by atoms with Gasteiger partial charge in [0.25, 0.3) is 0 Å². The van der Waals surface area contributed by atoms with Crippen LogP contribution in [-0.4, -0.2) is 47.8 Å². The number of rotatable bonds is 6. The van der Waals surface area contributed by atoms with Gasteiger partial charge in [-0.15, -0.1) is 0 Å². The van der Waals surface area contributed by atoms with Crippen molar-refractivity contribution in [2.24, 2.45) is 23.7 Å². The second kappa shape index (κ2) is 5.32. The summed E-state index contributed by atoms with van der Waals surface area (Å²) in [7, 11) is 0. The standard InChI is InChI=1S/C16H24N2O2/c1-3-17(4-2)8-5-9-18-15(19)13-11-6-7-12(10-11)14(13)16(18)20/h6-7,11-14H,3-5,8-10H2,1-2H3/t11-,12-,13-,14+/m0/s1. The van der Waals surface area contributed by atoms with Gasteiger partial charge >= 0.3 is 0 Å². The van der Waals surface area contributed by atoms with Gasteiger partial charge < -0.3 is 4.90 Å². The molecule has 2 bridgehead atoms. The third kappa shape index (κ3) is 2.01. The highest BCUT2D eigenvalue weighted by Gasteiger charge is 2.58. The zero-order chi connectivity index (χ0) is 14.3. The summed E-state index contributed by atoms with van der Waals surface area (Å²) in [5.41, 5.74) is 0. The molecule has 1 aliphatic heterocycles. The van der Waals surface area contributed by atoms with Crippen molar-refractivity contribution < 1.29 is 9.59 Å². The summed E-state index contributed by atoms with van der Waals surface area (Å²) in [4.78, 5) is 28.8. The Balaban J connectivity index is 1.59. The first-order chi connectivity index (χ1) is 9.67. The minimum absolute atomic E-state index is 0.0362. The van der Waals surface area contributed by atoms with Gasteiger partial charge in [0.1, 0.15) is 0 Å². The van der Waals surface area contributed by atoms with Crippen LogP contribution >= 0.6 is 0 Å². The van der Waals surface area contributed by atoms with Gasteiger partial charge in [0.05, 0.1) is 11.8 Å². The number of hydrogen-bond acceptors (Lipinski definition) is 3. The first-order valence-corrected chi connectivity index (χ1v) is 7.93. The van der Waals surface area contributed by atoms with E-state index in [1.54, 1.807) is 4.90 Å². The molecular formula is C16H24N2O2. The van der Waals surface area contributed by atoms with Crippen LogP contribution in [0.5, 0.6) is 0 Å². The van der Waals surface area contributed by atoms with Crippen LogP contribution in [0.1, 0.15) is 26.7 Å². The van der Waals surface area contributed by atoms with Crippen molar-refractivity contribution in [3.05, 3.63) is 12.2 Å². The largest absolute Gasteiger partial charge is 0.304 e. The van der Waals surface area contributed by atoms with Crippen molar-refractivity contribution >= 4 is 11.8 Å². The first-order valence-electron chi connectivity index (χ1n) is 7.93. The van der Waals surface area contributed by atoms with Crippen LogP contribution in [0.4, 0.5) is 0 Å². The van der Waals surface area contributed by atoms with E-state index in [1.165, 1.54) is 0 Å². The number of imide groups is 1. The second-order valence-electron chi connectivity index (χ2n) is 6.21. The summed E-state index contributed by atoms with van der Waals surface area (Å²) < 4.78 is 0. The molecular weight excluding hydrogens is 252 g/mol. The van der Waals surface area contributed by atoms with Crippen LogP contribution in [0, 0.1) is 23.7 Å². The molecule has 0 N–H and O–H groups in total. The van der Waals surface area contributed by atoms with Gasteiger partial charge in [-0.3, -0.25) is 14.5 Å². The molecule has 0 aromatic heterocycles. The molecule has 4 atom stereocenters. The highest BCUT2D eigenvalue weighted by atomic mass is 16.2. The predicted octanol–water partition coefficient (Wildman–Crippen LogP) is 1.53. The average Bonchev–Trinajstić information content (AvgIpc) is 3.12. The molecule has 2 aliphatic carbocycles. The SMILES string of the molecule is CCN(CC)CCCN1C(=O)[C@@H]2[C@H](C1=O)[C@H]1C=C[C@H]2C1. The van der Waals surface area contributed by atoms with Gasteiger partial charge in [0, 0.05) is 6.54 Å². The number of hydrogen-bond donors (Lipinski definition) is 0. The van der Waals surface area contributed by atoms with Crippen molar-refractivity contribution in [3.63, 3.8) is 0 Å². The second-order valence-corrected chi connectivity index (χ2v) is 6.21. The van der Waals surface area contributed by atoms with Gasteiger partial charge in [0.2, 0.25) is 11.8 Å². The molecule has 2 fully saturated rings. The third-order valence-electron chi connectivity index (χ3n) is 5.31. The molecule has 110 valence electrons. The molecule has 0 aromatic rings. The highest BCUT2D eigenvalue weighted by molar-refractivity contribution is 6.06. The normalized spacial score (nSPS) is 34.6. The van der Waals surface area contributed by atoms with E-state index in [9.17, 15) is 9.59 Å². The number of carbonyl (C=O) groups is 2. The van der Waals surface area contributed by atoms with Crippen LogP contribution in [0.2, 0.25) is 0 Å². The van der Waals surface area contributed by atoms with Crippen LogP contribution < -0.4 is 0 Å². The van der Waals surface area contributed by atoms with E-state index < -0.39 is 0 Å². The maximum absolute atomic E-state index is 12.5. The summed E-state index contributed by atoms with van der Waals surface area (Å²) in [5.74, 6) is 0.771. The molecule has 2 amide bonds. The topological polar surface area (TPSA) is 40.6 Å². The van der Waals surface area contributed by atoms with Gasteiger partial charge in [-0.25, -0.2) is 0 Å². The number of likely N-dealkylation sites (tertiary alicyclic amines) is 1. The molecule has 4 heteroatoms. The van der Waals surface area contributed by atoms with Crippen LogP contribution in [0.3, 0.4) is 0 Å². The Morgan fingerprint density at radius 1 is 1.10 bits per heavy atom. The molecule has 0 unspecified atom stereocenters. The lowest BCUT2D eigenvalue weighted by Gasteiger charge is -2.21. The van der Waals surface area contributed by atoms with E-state index in [-0.39, 0.29) is 23.7 Å². The quantitative estimate of drug-likeness (QED) is 0.545. The molecule has 0 aromatic carbocycles. The first kappa shape index (κ1) is 13.8. The molecule has 3 rings (SSSR count). The van der Waals surface area contributed by atoms with Crippen LogP contribution in [0.15, 0.2) is 12.2 Å². The zero-order valence-corrected chi connectivity index (χ0v) is 12.4. The molecule has 1 saturated carbocycles. The Morgan fingerprint density at radius 2 is 1.65 bits per heavy atom. The lowest BCUT2D eigenvalue weighted by molar-refractivity contribution is -0.140. The van der Waals surface area contributed by atoms with Gasteiger partial charge in [-0.1, -0.05) is 26.0 Å². The van der Waals surface area contributed by atoms with Gasteiger partial charge in [0.15, 0.2) is 0 Å². The maximum Gasteiger partial charge on any atom is 0.233 e. The fraction of sp³-hybridized carbons (Fsp3) is 0.750. The Kier molecular flexibility index (Phi) is 3.67. The Morgan fingerprint density at radius 3 is 2.15 bits per heavy atom. The van der Waals surface area contributed by atoms with Gasteiger partial charge in [-0.2, -0.15) is 0 Å². The van der Waals surface area contributed by atoms with Crippen molar-refractivity contribution in [1.82, 2.24) is 9.80 Å². The number of fused-ring (bicyclic) bond motifs is 5. The van der Waals surface area contributed by atoms with E-state index in [2.05, 4.69) is 30.9 Å². The molecule has 3 aliphatic rings. The Labute approximate surface area is 120 Å². The predicted molar refractivity (Wildman–Crippen MR) is 76.8 cm³/mol. The monoisotopic (exact) mass is 276 g/mol. The van der Waals surface area contributed by atoms with E-state index >= 15 is 0 Å². The number of nitrogens with zero attached hydrogens (tertiary/aromatic N) is 2. The molecule has 0 radical (unpaired) electrons. The Bertz CT molecular complexity index is 412.